The van der Waals surface area contributed by atoms with Crippen LogP contribution in [0.3, 0.4) is 0 Å². The molecule has 3 rings (SSSR count). The number of hydrogen-bond donors (Lipinski definition) is 0. The van der Waals surface area contributed by atoms with Gasteiger partial charge in [0.1, 0.15) is 0 Å². The average molecular weight is 327 g/mol. The largest absolute Gasteiger partial charge is 0.342 e. The first kappa shape index (κ1) is 16.7. The molecular formula is C19H25N3O2. The lowest BCUT2D eigenvalue weighted by atomic mass is 9.97. The van der Waals surface area contributed by atoms with E-state index in [9.17, 15) is 4.79 Å². The van der Waals surface area contributed by atoms with Crippen molar-refractivity contribution in [1.82, 2.24) is 15.0 Å². The SMILES string of the molecule is CCCCCC(=O)N1CCCC(c2nc(-c3ccccc3)no2)C1. The molecule has 2 heterocycles. The Hall–Kier alpha value is -2.17. The maximum Gasteiger partial charge on any atom is 0.231 e. The van der Waals surface area contributed by atoms with Gasteiger partial charge in [-0.2, -0.15) is 4.98 Å². The predicted molar refractivity (Wildman–Crippen MR) is 92.4 cm³/mol. The number of benzene rings is 1. The summed E-state index contributed by atoms with van der Waals surface area (Å²) in [5.74, 6) is 1.69. The van der Waals surface area contributed by atoms with Crippen molar-refractivity contribution in [3.8, 4) is 11.4 Å². The van der Waals surface area contributed by atoms with Gasteiger partial charge in [-0.05, 0) is 19.3 Å². The fraction of sp³-hybridized carbons (Fsp3) is 0.526. The number of carbonyl (C=O) groups is 1. The van der Waals surface area contributed by atoms with Gasteiger partial charge in [0.2, 0.25) is 17.6 Å². The molecule has 0 radical (unpaired) electrons. The van der Waals surface area contributed by atoms with Crippen molar-refractivity contribution >= 4 is 5.91 Å². The Morgan fingerprint density at radius 1 is 1.29 bits per heavy atom. The van der Waals surface area contributed by atoms with Gasteiger partial charge in [0, 0.05) is 25.1 Å². The van der Waals surface area contributed by atoms with Crippen LogP contribution in [0.15, 0.2) is 34.9 Å². The van der Waals surface area contributed by atoms with E-state index in [-0.39, 0.29) is 11.8 Å². The normalized spacial score (nSPS) is 17.9. The van der Waals surface area contributed by atoms with Gasteiger partial charge in [-0.15, -0.1) is 0 Å². The van der Waals surface area contributed by atoms with Crippen molar-refractivity contribution in [3.05, 3.63) is 36.2 Å². The van der Waals surface area contributed by atoms with Gasteiger partial charge in [0.15, 0.2) is 0 Å². The molecule has 5 nitrogen and oxygen atoms in total. The standard InChI is InChI=1S/C19H25N3O2/c1-2-3-5-12-17(23)22-13-8-11-16(14-22)19-20-18(21-24-19)15-9-6-4-7-10-15/h4,6-7,9-10,16H,2-3,5,8,11-14H2,1H3. The quantitative estimate of drug-likeness (QED) is 0.752. The molecule has 1 fully saturated rings. The summed E-state index contributed by atoms with van der Waals surface area (Å²) in [4.78, 5) is 18.9. The molecule has 0 aliphatic carbocycles. The van der Waals surface area contributed by atoms with Crippen LogP contribution < -0.4 is 0 Å². The summed E-state index contributed by atoms with van der Waals surface area (Å²) in [6, 6.07) is 9.83. The summed E-state index contributed by atoms with van der Waals surface area (Å²) in [6.45, 7) is 3.70. The summed E-state index contributed by atoms with van der Waals surface area (Å²) in [5.41, 5.74) is 0.954. The number of likely N-dealkylation sites (tertiary alicyclic amines) is 1. The number of carbonyl (C=O) groups excluding carboxylic acids is 1. The van der Waals surface area contributed by atoms with Crippen LogP contribution in [0.25, 0.3) is 11.4 Å². The number of hydrogen-bond acceptors (Lipinski definition) is 4. The van der Waals surface area contributed by atoms with Crippen LogP contribution in [0.4, 0.5) is 0 Å². The zero-order valence-corrected chi connectivity index (χ0v) is 14.3. The van der Waals surface area contributed by atoms with Crippen LogP contribution in [-0.2, 0) is 4.79 Å². The third-order valence-corrected chi connectivity index (χ3v) is 4.59. The molecule has 1 unspecified atom stereocenters. The molecule has 0 spiro atoms. The van der Waals surface area contributed by atoms with Gasteiger partial charge in [-0.1, -0.05) is 55.3 Å². The molecule has 0 bridgehead atoms. The van der Waals surface area contributed by atoms with Crippen LogP contribution >= 0.6 is 0 Å². The summed E-state index contributed by atoms with van der Waals surface area (Å²) in [7, 11) is 0. The third kappa shape index (κ3) is 4.02. The highest BCUT2D eigenvalue weighted by Crippen LogP contribution is 2.28. The molecule has 0 N–H and O–H groups in total. The van der Waals surface area contributed by atoms with E-state index < -0.39 is 0 Å². The second-order valence-electron chi connectivity index (χ2n) is 6.46. The second-order valence-corrected chi connectivity index (χ2v) is 6.46. The highest BCUT2D eigenvalue weighted by molar-refractivity contribution is 5.76. The maximum absolute atomic E-state index is 12.3. The molecular weight excluding hydrogens is 302 g/mol. The van der Waals surface area contributed by atoms with Gasteiger partial charge < -0.3 is 9.42 Å². The summed E-state index contributed by atoms with van der Waals surface area (Å²) >= 11 is 0. The van der Waals surface area contributed by atoms with Crippen LogP contribution in [0.5, 0.6) is 0 Å². The minimum atomic E-state index is 0.152. The molecule has 1 atom stereocenters. The number of aromatic nitrogens is 2. The van der Waals surface area contributed by atoms with Crippen LogP contribution in [-0.4, -0.2) is 34.0 Å². The predicted octanol–water partition coefficient (Wildman–Crippen LogP) is 4.02. The van der Waals surface area contributed by atoms with Crippen molar-refractivity contribution in [1.29, 1.82) is 0 Å². The minimum absolute atomic E-state index is 0.152. The first-order chi connectivity index (χ1) is 11.8. The molecule has 1 aromatic carbocycles. The van der Waals surface area contributed by atoms with Crippen molar-refractivity contribution in [3.63, 3.8) is 0 Å². The number of piperidine rings is 1. The van der Waals surface area contributed by atoms with Gasteiger partial charge in [-0.25, -0.2) is 0 Å². The van der Waals surface area contributed by atoms with Crippen LogP contribution in [0.1, 0.15) is 57.3 Å². The number of unbranched alkanes of at least 4 members (excludes halogenated alkanes) is 2. The lowest BCUT2D eigenvalue weighted by Crippen LogP contribution is -2.39. The molecule has 0 saturated carbocycles. The molecule has 1 amide bonds. The Morgan fingerprint density at radius 3 is 2.92 bits per heavy atom. The van der Waals surface area contributed by atoms with E-state index in [1.54, 1.807) is 0 Å². The number of amides is 1. The maximum atomic E-state index is 12.3. The molecule has 2 aromatic rings. The van der Waals surface area contributed by atoms with E-state index in [1.807, 2.05) is 35.2 Å². The fourth-order valence-electron chi connectivity index (χ4n) is 3.20. The summed E-state index contributed by atoms with van der Waals surface area (Å²) < 4.78 is 5.49. The smallest absolute Gasteiger partial charge is 0.231 e. The van der Waals surface area contributed by atoms with Crippen molar-refractivity contribution in [2.75, 3.05) is 13.1 Å². The summed E-state index contributed by atoms with van der Waals surface area (Å²) in [5, 5.41) is 4.10. The molecule has 1 aromatic heterocycles. The third-order valence-electron chi connectivity index (χ3n) is 4.59. The topological polar surface area (TPSA) is 59.2 Å². The lowest BCUT2D eigenvalue weighted by Gasteiger charge is -2.31. The van der Waals surface area contributed by atoms with Crippen molar-refractivity contribution < 1.29 is 9.32 Å². The minimum Gasteiger partial charge on any atom is -0.342 e. The molecule has 24 heavy (non-hydrogen) atoms. The lowest BCUT2D eigenvalue weighted by molar-refractivity contribution is -0.132. The first-order valence-corrected chi connectivity index (χ1v) is 8.94. The molecule has 1 aliphatic heterocycles. The van der Waals surface area contributed by atoms with Crippen molar-refractivity contribution in [2.24, 2.45) is 0 Å². The first-order valence-electron chi connectivity index (χ1n) is 8.94. The Bertz CT molecular complexity index is 654. The van der Waals surface area contributed by atoms with E-state index in [2.05, 4.69) is 17.1 Å². The van der Waals surface area contributed by atoms with E-state index in [1.165, 1.54) is 0 Å². The van der Waals surface area contributed by atoms with E-state index in [4.69, 9.17) is 4.52 Å². The highest BCUT2D eigenvalue weighted by Gasteiger charge is 2.28. The molecule has 1 saturated heterocycles. The Labute approximate surface area is 143 Å². The molecule has 128 valence electrons. The van der Waals surface area contributed by atoms with Crippen LogP contribution in [0, 0.1) is 0 Å². The Kier molecular flexibility index (Phi) is 5.62. The van der Waals surface area contributed by atoms with Gasteiger partial charge in [0.05, 0.1) is 5.92 Å². The van der Waals surface area contributed by atoms with E-state index in [0.717, 1.165) is 44.2 Å². The highest BCUT2D eigenvalue weighted by atomic mass is 16.5. The number of rotatable bonds is 6. The zero-order chi connectivity index (χ0) is 16.8. The van der Waals surface area contributed by atoms with E-state index in [0.29, 0.717) is 24.7 Å². The van der Waals surface area contributed by atoms with Gasteiger partial charge in [-0.3, -0.25) is 4.79 Å². The van der Waals surface area contributed by atoms with E-state index >= 15 is 0 Å². The number of nitrogens with zero attached hydrogens (tertiary/aromatic N) is 3. The van der Waals surface area contributed by atoms with Gasteiger partial charge in [0.25, 0.3) is 0 Å². The van der Waals surface area contributed by atoms with Gasteiger partial charge >= 0.3 is 0 Å². The Morgan fingerprint density at radius 2 is 2.12 bits per heavy atom. The van der Waals surface area contributed by atoms with Crippen LogP contribution in [0.2, 0.25) is 0 Å². The Balaban J connectivity index is 1.63. The second kappa shape index (κ2) is 8.08. The fourth-order valence-corrected chi connectivity index (χ4v) is 3.20. The molecule has 5 heteroatoms. The zero-order valence-electron chi connectivity index (χ0n) is 14.3. The average Bonchev–Trinajstić information content (AvgIpc) is 3.13. The monoisotopic (exact) mass is 327 g/mol. The van der Waals surface area contributed by atoms with Crippen molar-refractivity contribution in [2.45, 2.75) is 51.4 Å². The summed E-state index contributed by atoms with van der Waals surface area (Å²) in [6.07, 6.45) is 5.88. The molecule has 1 aliphatic rings.